The number of carbonyl (C=O) groups is 3. The molecule has 4 rings (SSSR count). The Kier molecular flexibility index (Phi) is 10.5. The van der Waals surface area contributed by atoms with E-state index in [-0.39, 0.29) is 54.4 Å². The fourth-order valence-electron chi connectivity index (χ4n) is 4.19. The van der Waals surface area contributed by atoms with E-state index >= 15 is 0 Å². The van der Waals surface area contributed by atoms with Gasteiger partial charge in [0.1, 0.15) is 11.5 Å². The molecule has 0 atom stereocenters. The van der Waals surface area contributed by atoms with Crippen LogP contribution in [0.25, 0.3) is 10.8 Å². The van der Waals surface area contributed by atoms with E-state index in [1.165, 1.54) is 24.4 Å². The van der Waals surface area contributed by atoms with Gasteiger partial charge in [0.15, 0.2) is 6.61 Å². The van der Waals surface area contributed by atoms with E-state index in [4.69, 9.17) is 21.1 Å². The molecule has 0 aliphatic carbocycles. The van der Waals surface area contributed by atoms with Gasteiger partial charge >= 0.3 is 5.97 Å². The van der Waals surface area contributed by atoms with Gasteiger partial charge in [-0.05, 0) is 48.2 Å². The average molecular weight is 588 g/mol. The molecule has 10 heteroatoms. The number of rotatable bonds is 12. The van der Waals surface area contributed by atoms with Crippen LogP contribution < -0.4 is 10.2 Å². The topological polar surface area (TPSA) is 118 Å². The number of phenols is 1. The number of amides is 2. The van der Waals surface area contributed by atoms with Crippen LogP contribution in [0.15, 0.2) is 90.0 Å². The van der Waals surface area contributed by atoms with Crippen LogP contribution in [0, 0.1) is 0 Å². The summed E-state index contributed by atoms with van der Waals surface area (Å²) in [6.45, 7) is 2.33. The highest BCUT2D eigenvalue weighted by molar-refractivity contribution is 6.32. The largest absolute Gasteiger partial charge is 0.506 e. The monoisotopic (exact) mass is 587 g/mol. The number of carbonyl (C=O) groups excluding carboxylic acids is 3. The number of nitrogens with one attached hydrogen (secondary N) is 1. The molecule has 4 aromatic rings. The van der Waals surface area contributed by atoms with Crippen molar-refractivity contribution in [3.63, 3.8) is 0 Å². The number of hydrazone groups is 1. The molecule has 0 aliphatic rings. The smallest absolute Gasteiger partial charge is 0.307 e. The summed E-state index contributed by atoms with van der Waals surface area (Å²) < 4.78 is 11.0. The summed E-state index contributed by atoms with van der Waals surface area (Å²) in [4.78, 5) is 39.2. The minimum atomic E-state index is -0.487. The summed E-state index contributed by atoms with van der Waals surface area (Å²) in [6, 6.07) is 24.6. The van der Waals surface area contributed by atoms with Crippen LogP contribution in [0.5, 0.6) is 11.5 Å². The molecular weight excluding hydrogens is 558 g/mol. The standard InChI is InChI=1S/C32H30ClN3O6/c1-2-41-31(39)16-17-36(20-22-8-4-3-5-9-22)30(38)21-42-29-15-13-24(25-10-6-7-11-26(25)29)19-34-35-32(40)23-12-14-28(37)27(33)18-23/h3-15,18-19,37H,2,16-17,20-21H2,1H3,(H,35,40). The Morgan fingerprint density at radius 3 is 2.45 bits per heavy atom. The summed E-state index contributed by atoms with van der Waals surface area (Å²) in [5.41, 5.74) is 4.35. The molecule has 42 heavy (non-hydrogen) atoms. The van der Waals surface area contributed by atoms with Crippen LogP contribution in [-0.4, -0.2) is 53.8 Å². The number of fused-ring (bicyclic) bond motifs is 1. The molecule has 0 radical (unpaired) electrons. The van der Waals surface area contributed by atoms with Crippen molar-refractivity contribution >= 4 is 46.4 Å². The quantitative estimate of drug-likeness (QED) is 0.132. The highest BCUT2D eigenvalue weighted by atomic mass is 35.5. The molecule has 0 aliphatic heterocycles. The van der Waals surface area contributed by atoms with Gasteiger partial charge in [-0.15, -0.1) is 0 Å². The third-order valence-electron chi connectivity index (χ3n) is 6.31. The highest BCUT2D eigenvalue weighted by Gasteiger charge is 2.18. The van der Waals surface area contributed by atoms with Crippen LogP contribution in [0.2, 0.25) is 5.02 Å². The van der Waals surface area contributed by atoms with Gasteiger partial charge in [-0.3, -0.25) is 14.4 Å². The van der Waals surface area contributed by atoms with Crippen molar-refractivity contribution in [2.24, 2.45) is 5.10 Å². The predicted molar refractivity (Wildman–Crippen MR) is 161 cm³/mol. The molecule has 0 saturated heterocycles. The molecule has 0 saturated carbocycles. The van der Waals surface area contributed by atoms with Crippen molar-refractivity contribution in [1.82, 2.24) is 10.3 Å². The van der Waals surface area contributed by atoms with E-state index in [1.807, 2.05) is 54.6 Å². The molecule has 0 spiro atoms. The van der Waals surface area contributed by atoms with Gasteiger partial charge in [-0.25, -0.2) is 5.43 Å². The van der Waals surface area contributed by atoms with Crippen LogP contribution in [0.1, 0.15) is 34.8 Å². The minimum Gasteiger partial charge on any atom is -0.506 e. The number of nitrogens with zero attached hydrogens (tertiary/aromatic N) is 2. The van der Waals surface area contributed by atoms with Crippen molar-refractivity contribution < 1.29 is 29.0 Å². The van der Waals surface area contributed by atoms with Crippen molar-refractivity contribution in [2.75, 3.05) is 19.8 Å². The molecular formula is C32H30ClN3O6. The number of esters is 1. The summed E-state index contributed by atoms with van der Waals surface area (Å²) in [5.74, 6) is -0.735. The second kappa shape index (κ2) is 14.7. The summed E-state index contributed by atoms with van der Waals surface area (Å²) in [6.07, 6.45) is 1.59. The molecule has 4 aromatic carbocycles. The zero-order valence-electron chi connectivity index (χ0n) is 23.0. The maximum atomic E-state index is 13.2. The molecule has 2 N–H and O–H groups in total. The minimum absolute atomic E-state index is 0.0638. The second-order valence-electron chi connectivity index (χ2n) is 9.21. The fourth-order valence-corrected chi connectivity index (χ4v) is 4.37. The third-order valence-corrected chi connectivity index (χ3v) is 6.61. The lowest BCUT2D eigenvalue weighted by molar-refractivity contribution is -0.144. The molecule has 216 valence electrons. The number of hydrogen-bond acceptors (Lipinski definition) is 7. The van der Waals surface area contributed by atoms with Gasteiger partial charge < -0.3 is 19.5 Å². The summed E-state index contributed by atoms with van der Waals surface area (Å²) in [5, 5.41) is 15.2. The van der Waals surface area contributed by atoms with E-state index in [1.54, 1.807) is 24.0 Å². The molecule has 0 bridgehead atoms. The van der Waals surface area contributed by atoms with Gasteiger partial charge in [0.05, 0.1) is 24.3 Å². The van der Waals surface area contributed by atoms with Gasteiger partial charge in [-0.1, -0.05) is 66.2 Å². The first kappa shape index (κ1) is 30.1. The first-order valence-electron chi connectivity index (χ1n) is 13.3. The molecule has 0 fully saturated rings. The lowest BCUT2D eigenvalue weighted by atomic mass is 10.0. The van der Waals surface area contributed by atoms with E-state index < -0.39 is 5.91 Å². The highest BCUT2D eigenvalue weighted by Crippen LogP contribution is 2.28. The number of hydrogen-bond donors (Lipinski definition) is 2. The van der Waals surface area contributed by atoms with Crippen molar-refractivity contribution in [3.8, 4) is 11.5 Å². The first-order valence-corrected chi connectivity index (χ1v) is 13.7. The van der Waals surface area contributed by atoms with E-state index in [0.717, 1.165) is 16.3 Å². The zero-order chi connectivity index (χ0) is 29.9. The van der Waals surface area contributed by atoms with Crippen LogP contribution >= 0.6 is 11.6 Å². The van der Waals surface area contributed by atoms with Crippen LogP contribution in [0.3, 0.4) is 0 Å². The Morgan fingerprint density at radius 1 is 0.976 bits per heavy atom. The van der Waals surface area contributed by atoms with Gasteiger partial charge in [-0.2, -0.15) is 5.10 Å². The average Bonchev–Trinajstić information content (AvgIpc) is 3.00. The van der Waals surface area contributed by atoms with E-state index in [9.17, 15) is 19.5 Å². The lowest BCUT2D eigenvalue weighted by Crippen LogP contribution is -2.36. The van der Waals surface area contributed by atoms with Crippen LogP contribution in [-0.2, 0) is 20.9 Å². The Morgan fingerprint density at radius 2 is 1.71 bits per heavy atom. The Labute approximate surface area is 248 Å². The Bertz CT molecular complexity index is 1590. The SMILES string of the molecule is CCOC(=O)CCN(Cc1ccccc1)C(=O)COc1ccc(C=NNC(=O)c2ccc(O)c(Cl)c2)c2ccccc12. The molecule has 0 aromatic heterocycles. The second-order valence-corrected chi connectivity index (χ2v) is 9.62. The number of benzene rings is 4. The zero-order valence-corrected chi connectivity index (χ0v) is 23.7. The predicted octanol–water partition coefficient (Wildman–Crippen LogP) is 5.32. The van der Waals surface area contributed by atoms with Crippen molar-refractivity contribution in [3.05, 3.63) is 107 Å². The van der Waals surface area contributed by atoms with E-state index in [2.05, 4.69) is 10.5 Å². The Hall–Kier alpha value is -4.89. The van der Waals surface area contributed by atoms with Crippen LogP contribution in [0.4, 0.5) is 0 Å². The first-order chi connectivity index (χ1) is 20.4. The third kappa shape index (κ3) is 8.08. The van der Waals surface area contributed by atoms with Crippen molar-refractivity contribution in [1.29, 1.82) is 0 Å². The number of phenolic OH excluding ortho intramolecular Hbond substituents is 1. The fraction of sp³-hybridized carbons (Fsp3) is 0.188. The maximum Gasteiger partial charge on any atom is 0.307 e. The van der Waals surface area contributed by atoms with E-state index in [0.29, 0.717) is 17.9 Å². The molecule has 9 nitrogen and oxygen atoms in total. The normalized spacial score (nSPS) is 10.9. The number of halogens is 1. The maximum absolute atomic E-state index is 13.2. The van der Waals surface area contributed by atoms with Crippen molar-refractivity contribution in [2.45, 2.75) is 19.9 Å². The number of ether oxygens (including phenoxy) is 2. The molecule has 2 amide bonds. The molecule has 0 heterocycles. The van der Waals surface area contributed by atoms with Gasteiger partial charge in [0, 0.05) is 29.6 Å². The summed E-state index contributed by atoms with van der Waals surface area (Å²) >= 11 is 5.88. The van der Waals surface area contributed by atoms with Gasteiger partial charge in [0.25, 0.3) is 11.8 Å². The molecule has 0 unspecified atom stereocenters. The number of aromatic hydroxyl groups is 1. The van der Waals surface area contributed by atoms with Gasteiger partial charge in [0.2, 0.25) is 0 Å². The lowest BCUT2D eigenvalue weighted by Gasteiger charge is -2.23. The Balaban J connectivity index is 1.45. The summed E-state index contributed by atoms with van der Waals surface area (Å²) in [7, 11) is 0.